The molecular formula is C20H20FN3O5S. The Morgan fingerprint density at radius 3 is 2.83 bits per heavy atom. The van der Waals surface area contributed by atoms with Crippen LogP contribution < -0.4 is 15.4 Å². The summed E-state index contributed by atoms with van der Waals surface area (Å²) in [6, 6.07) is 10.1. The molecule has 0 saturated carbocycles. The van der Waals surface area contributed by atoms with Gasteiger partial charge in [-0.1, -0.05) is 12.1 Å². The average molecular weight is 433 g/mol. The number of carbonyl (C=O) groups is 2. The first-order chi connectivity index (χ1) is 14.3. The standard InChI is InChI=1S/C20H20FN3O5S/c21-15-5-1-2-6-16(15)23-20(26)13-4-3-9-24(11-13)30(27,28)14-7-8-18-17(10-14)22-19(25)12-29-18/h1-2,5-8,10,13H,3-4,9,11-12H2,(H,22,25)(H,23,26)/t13-/m1/s1. The highest BCUT2D eigenvalue weighted by molar-refractivity contribution is 7.89. The van der Waals surface area contributed by atoms with Gasteiger partial charge in [0.1, 0.15) is 11.6 Å². The lowest BCUT2D eigenvalue weighted by Gasteiger charge is -2.31. The van der Waals surface area contributed by atoms with Gasteiger partial charge in [0.15, 0.2) is 6.61 Å². The maximum Gasteiger partial charge on any atom is 0.262 e. The summed E-state index contributed by atoms with van der Waals surface area (Å²) in [5.41, 5.74) is 0.353. The number of carbonyl (C=O) groups excluding carboxylic acids is 2. The second-order valence-electron chi connectivity index (χ2n) is 7.17. The number of hydrogen-bond acceptors (Lipinski definition) is 5. The van der Waals surface area contributed by atoms with Crippen LogP contribution in [0.4, 0.5) is 15.8 Å². The van der Waals surface area contributed by atoms with Crippen molar-refractivity contribution >= 4 is 33.2 Å². The van der Waals surface area contributed by atoms with Crippen molar-refractivity contribution in [3.8, 4) is 5.75 Å². The maximum atomic E-state index is 13.8. The maximum absolute atomic E-state index is 13.8. The molecule has 2 amide bonds. The van der Waals surface area contributed by atoms with E-state index in [1.54, 1.807) is 6.07 Å². The molecular weight excluding hydrogens is 413 g/mol. The van der Waals surface area contributed by atoms with Crippen LogP contribution in [0.25, 0.3) is 0 Å². The molecule has 0 aromatic heterocycles. The Labute approximate surface area is 173 Å². The predicted octanol–water partition coefficient (Wildman–Crippen LogP) is 2.20. The number of rotatable bonds is 4. The molecule has 2 aromatic carbocycles. The van der Waals surface area contributed by atoms with E-state index in [9.17, 15) is 22.4 Å². The molecule has 0 bridgehead atoms. The topological polar surface area (TPSA) is 105 Å². The molecule has 0 aliphatic carbocycles. The Morgan fingerprint density at radius 2 is 2.03 bits per heavy atom. The van der Waals surface area contributed by atoms with Crippen molar-refractivity contribution in [2.75, 3.05) is 30.3 Å². The molecule has 1 atom stereocenters. The third-order valence-corrected chi connectivity index (χ3v) is 6.97. The Morgan fingerprint density at radius 1 is 1.23 bits per heavy atom. The fourth-order valence-corrected chi connectivity index (χ4v) is 5.09. The number of halogens is 1. The summed E-state index contributed by atoms with van der Waals surface area (Å²) < 4.78 is 46.5. The van der Waals surface area contributed by atoms with Crippen LogP contribution in [0.2, 0.25) is 0 Å². The highest BCUT2D eigenvalue weighted by Crippen LogP contribution is 2.32. The molecule has 1 saturated heterocycles. The van der Waals surface area contributed by atoms with Gasteiger partial charge in [0.05, 0.1) is 22.2 Å². The third-order valence-electron chi connectivity index (χ3n) is 5.11. The van der Waals surface area contributed by atoms with Crippen molar-refractivity contribution in [2.45, 2.75) is 17.7 Å². The molecule has 0 radical (unpaired) electrons. The summed E-state index contributed by atoms with van der Waals surface area (Å²) in [5, 5.41) is 5.13. The number of hydrogen-bond donors (Lipinski definition) is 2. The average Bonchev–Trinajstić information content (AvgIpc) is 2.75. The minimum atomic E-state index is -3.89. The number of benzene rings is 2. The fourth-order valence-electron chi connectivity index (χ4n) is 3.54. The molecule has 0 unspecified atom stereocenters. The zero-order valence-corrected chi connectivity index (χ0v) is 16.7. The number of amides is 2. The molecule has 2 aliphatic rings. The number of piperidine rings is 1. The van der Waals surface area contributed by atoms with E-state index in [2.05, 4.69) is 10.6 Å². The quantitative estimate of drug-likeness (QED) is 0.769. The molecule has 2 aromatic rings. The molecule has 8 nitrogen and oxygen atoms in total. The molecule has 158 valence electrons. The molecule has 1 fully saturated rings. The van der Waals surface area contributed by atoms with E-state index in [4.69, 9.17) is 4.74 Å². The lowest BCUT2D eigenvalue weighted by atomic mass is 9.98. The van der Waals surface area contributed by atoms with Gasteiger partial charge in [-0.3, -0.25) is 9.59 Å². The van der Waals surface area contributed by atoms with E-state index >= 15 is 0 Å². The van der Waals surface area contributed by atoms with Crippen LogP contribution in [-0.2, 0) is 19.6 Å². The van der Waals surface area contributed by atoms with Gasteiger partial charge < -0.3 is 15.4 Å². The van der Waals surface area contributed by atoms with Crippen LogP contribution in [0, 0.1) is 11.7 Å². The van der Waals surface area contributed by atoms with Gasteiger partial charge in [0.25, 0.3) is 5.91 Å². The van der Waals surface area contributed by atoms with Gasteiger partial charge in [-0.2, -0.15) is 4.31 Å². The third kappa shape index (κ3) is 4.01. The van der Waals surface area contributed by atoms with Crippen LogP contribution in [0.3, 0.4) is 0 Å². The van der Waals surface area contributed by atoms with Crippen molar-refractivity contribution in [3.05, 3.63) is 48.3 Å². The lowest BCUT2D eigenvalue weighted by molar-refractivity contribution is -0.121. The zero-order valence-electron chi connectivity index (χ0n) is 15.9. The highest BCUT2D eigenvalue weighted by atomic mass is 32.2. The van der Waals surface area contributed by atoms with Crippen molar-refractivity contribution in [1.29, 1.82) is 0 Å². The van der Waals surface area contributed by atoms with E-state index < -0.39 is 27.7 Å². The summed E-state index contributed by atoms with van der Waals surface area (Å²) in [5.74, 6) is -1.54. The molecule has 4 rings (SSSR count). The number of para-hydroxylation sites is 1. The Kier molecular flexibility index (Phi) is 5.44. The van der Waals surface area contributed by atoms with E-state index in [0.717, 1.165) is 0 Å². The van der Waals surface area contributed by atoms with Gasteiger partial charge in [-0.05, 0) is 43.2 Å². The molecule has 2 heterocycles. The zero-order chi connectivity index (χ0) is 21.3. The number of anilines is 2. The monoisotopic (exact) mass is 433 g/mol. The Balaban J connectivity index is 1.51. The SMILES string of the molecule is O=C1COc2ccc(S(=O)(=O)N3CCC[C@@H](C(=O)Nc4ccccc4F)C3)cc2N1. The number of fused-ring (bicyclic) bond motifs is 1. The number of nitrogens with one attached hydrogen (secondary N) is 2. The summed E-state index contributed by atoms with van der Waals surface area (Å²) in [6.45, 7) is 0.137. The second kappa shape index (κ2) is 8.04. The molecule has 30 heavy (non-hydrogen) atoms. The first kappa shape index (κ1) is 20.3. The smallest absolute Gasteiger partial charge is 0.262 e. The summed E-state index contributed by atoms with van der Waals surface area (Å²) >= 11 is 0. The van der Waals surface area contributed by atoms with Crippen molar-refractivity contribution < 1.29 is 27.1 Å². The first-order valence-corrected chi connectivity index (χ1v) is 10.9. The summed E-state index contributed by atoms with van der Waals surface area (Å²) in [4.78, 5) is 24.1. The predicted molar refractivity (Wildman–Crippen MR) is 107 cm³/mol. The molecule has 10 heteroatoms. The van der Waals surface area contributed by atoms with Gasteiger partial charge in [0, 0.05) is 13.1 Å². The number of ether oxygens (including phenoxy) is 1. The summed E-state index contributed by atoms with van der Waals surface area (Å²) in [7, 11) is -3.89. The molecule has 2 aliphatic heterocycles. The minimum Gasteiger partial charge on any atom is -0.482 e. The van der Waals surface area contributed by atoms with Crippen LogP contribution in [0.1, 0.15) is 12.8 Å². The minimum absolute atomic E-state index is 0.00205. The first-order valence-electron chi connectivity index (χ1n) is 9.47. The second-order valence-corrected chi connectivity index (χ2v) is 9.10. The van der Waals surface area contributed by atoms with Crippen molar-refractivity contribution in [2.24, 2.45) is 5.92 Å². The Hall–Kier alpha value is -2.98. The normalized spacial score (nSPS) is 19.4. The van der Waals surface area contributed by atoms with Crippen LogP contribution in [0.5, 0.6) is 5.75 Å². The van der Waals surface area contributed by atoms with Gasteiger partial charge in [-0.25, -0.2) is 12.8 Å². The Bertz CT molecular complexity index is 1110. The van der Waals surface area contributed by atoms with Crippen molar-refractivity contribution in [3.63, 3.8) is 0 Å². The number of sulfonamides is 1. The lowest BCUT2D eigenvalue weighted by Crippen LogP contribution is -2.43. The largest absolute Gasteiger partial charge is 0.482 e. The van der Waals surface area contributed by atoms with Crippen LogP contribution in [-0.4, -0.2) is 44.2 Å². The fraction of sp³-hybridized carbons (Fsp3) is 0.300. The van der Waals surface area contributed by atoms with Gasteiger partial charge in [-0.15, -0.1) is 0 Å². The van der Waals surface area contributed by atoms with E-state index in [-0.39, 0.29) is 41.9 Å². The number of nitrogens with zero attached hydrogens (tertiary/aromatic N) is 1. The van der Waals surface area contributed by atoms with Crippen molar-refractivity contribution in [1.82, 2.24) is 4.31 Å². The van der Waals surface area contributed by atoms with Gasteiger partial charge >= 0.3 is 0 Å². The van der Waals surface area contributed by atoms with Gasteiger partial charge in [0.2, 0.25) is 15.9 Å². The van der Waals surface area contributed by atoms with Crippen LogP contribution >= 0.6 is 0 Å². The molecule has 0 spiro atoms. The highest BCUT2D eigenvalue weighted by Gasteiger charge is 2.34. The molecule has 2 N–H and O–H groups in total. The van der Waals surface area contributed by atoms with E-state index in [1.165, 1.54) is 40.7 Å². The summed E-state index contributed by atoms with van der Waals surface area (Å²) in [6.07, 6.45) is 1.000. The van der Waals surface area contributed by atoms with Crippen LogP contribution in [0.15, 0.2) is 47.4 Å². The van der Waals surface area contributed by atoms with E-state index in [1.807, 2.05) is 0 Å². The van der Waals surface area contributed by atoms with E-state index in [0.29, 0.717) is 18.6 Å².